The van der Waals surface area contributed by atoms with Gasteiger partial charge in [-0.1, -0.05) is 23.4 Å². The van der Waals surface area contributed by atoms with Crippen LogP contribution >= 0.6 is 11.6 Å². The summed E-state index contributed by atoms with van der Waals surface area (Å²) in [7, 11) is 0. The Morgan fingerprint density at radius 2 is 2.39 bits per heavy atom. The van der Waals surface area contributed by atoms with Crippen LogP contribution in [0, 0.1) is 11.8 Å². The second kappa shape index (κ2) is 5.90. The van der Waals surface area contributed by atoms with Gasteiger partial charge in [0.15, 0.2) is 16.7 Å². The van der Waals surface area contributed by atoms with Gasteiger partial charge >= 0.3 is 0 Å². The lowest BCUT2D eigenvalue weighted by Crippen LogP contribution is -2.41. The first kappa shape index (κ1) is 13.4. The molecule has 1 fully saturated rings. The number of nitrogen functional groups attached to an aromatic ring is 1. The van der Waals surface area contributed by atoms with E-state index in [2.05, 4.69) is 26.8 Å². The van der Waals surface area contributed by atoms with Crippen molar-refractivity contribution in [2.24, 2.45) is 0 Å². The van der Waals surface area contributed by atoms with Crippen molar-refractivity contribution in [3.8, 4) is 11.8 Å². The number of rotatable bonds is 2. The Balaban J connectivity index is 2.15. The topological polar surface area (TPSA) is 119 Å². The standard InChI is InChI=1S/C13H13ClFN5O3/c14-13(2-1-3-15)9(22)8(5-21)23-11(13)20-6-18-7-4-17-12(16)19-10(7)20/h4,6,8-9,11,21-22H,3,5H2,(H2,16,17,19)/t8-,9+,11-,13?/m1/s1/i5D2. The number of halogens is 2. The fourth-order valence-electron chi connectivity index (χ4n) is 2.36. The maximum atomic E-state index is 12.5. The predicted molar refractivity (Wildman–Crippen MR) is 79.1 cm³/mol. The van der Waals surface area contributed by atoms with E-state index in [1.54, 1.807) is 0 Å². The molecule has 0 aliphatic carbocycles. The number of hydrogen-bond acceptors (Lipinski definition) is 7. The molecule has 0 radical (unpaired) electrons. The van der Waals surface area contributed by atoms with Crippen LogP contribution in [0.1, 0.15) is 8.97 Å². The van der Waals surface area contributed by atoms with Crippen LogP contribution in [0.2, 0.25) is 0 Å². The molecule has 1 unspecified atom stereocenters. The summed E-state index contributed by atoms with van der Waals surface area (Å²) in [6.45, 7) is -3.96. The zero-order valence-corrected chi connectivity index (χ0v) is 12.3. The molecular weight excluding hydrogens is 329 g/mol. The highest BCUT2D eigenvalue weighted by atomic mass is 35.5. The average Bonchev–Trinajstić information content (AvgIpc) is 3.05. The van der Waals surface area contributed by atoms with Crippen molar-refractivity contribution >= 4 is 28.7 Å². The Kier molecular flexibility index (Phi) is 3.45. The minimum Gasteiger partial charge on any atom is -0.394 e. The highest BCUT2D eigenvalue weighted by molar-refractivity contribution is 6.27. The molecule has 2 aromatic heterocycles. The van der Waals surface area contributed by atoms with Crippen molar-refractivity contribution in [1.29, 1.82) is 0 Å². The molecule has 122 valence electrons. The Hall–Kier alpha value is -1.99. The first-order chi connectivity index (χ1) is 11.7. The predicted octanol–water partition coefficient (Wildman–Crippen LogP) is -0.390. The van der Waals surface area contributed by atoms with Crippen molar-refractivity contribution in [3.05, 3.63) is 12.5 Å². The number of aliphatic hydroxyl groups is 2. The van der Waals surface area contributed by atoms with E-state index in [-0.39, 0.29) is 11.6 Å². The van der Waals surface area contributed by atoms with Gasteiger partial charge in [0.1, 0.15) is 24.4 Å². The van der Waals surface area contributed by atoms with Crippen LogP contribution in [0.5, 0.6) is 0 Å². The van der Waals surface area contributed by atoms with E-state index >= 15 is 0 Å². The fraction of sp³-hybridized carbons (Fsp3) is 0.462. The zero-order chi connectivity index (χ0) is 18.4. The van der Waals surface area contributed by atoms with Gasteiger partial charge in [-0.15, -0.1) is 0 Å². The minimum absolute atomic E-state index is 0.0585. The van der Waals surface area contributed by atoms with E-state index in [9.17, 15) is 14.6 Å². The number of nitrogens with two attached hydrogens (primary N) is 1. The highest BCUT2D eigenvalue weighted by Crippen LogP contribution is 2.44. The van der Waals surface area contributed by atoms with Crippen molar-refractivity contribution in [1.82, 2.24) is 19.5 Å². The molecule has 3 heterocycles. The van der Waals surface area contributed by atoms with Crippen LogP contribution in [-0.4, -0.2) is 60.0 Å². The Morgan fingerprint density at radius 1 is 1.61 bits per heavy atom. The summed E-state index contributed by atoms with van der Waals surface area (Å²) in [5.74, 6) is 4.38. The summed E-state index contributed by atoms with van der Waals surface area (Å²) >= 11 is 6.38. The number of fused-ring (bicyclic) bond motifs is 1. The lowest BCUT2D eigenvalue weighted by molar-refractivity contribution is -0.0436. The van der Waals surface area contributed by atoms with Crippen LogP contribution in [-0.2, 0) is 4.74 Å². The molecule has 0 spiro atoms. The van der Waals surface area contributed by atoms with Crippen molar-refractivity contribution in [2.45, 2.75) is 23.3 Å². The van der Waals surface area contributed by atoms with Gasteiger partial charge in [0.2, 0.25) is 5.95 Å². The number of imidazole rings is 1. The van der Waals surface area contributed by atoms with Gasteiger partial charge < -0.3 is 20.7 Å². The number of nitrogens with zero attached hydrogens (tertiary/aromatic N) is 4. The number of aliphatic hydroxyl groups excluding tert-OH is 1. The Labute approximate surface area is 137 Å². The van der Waals surface area contributed by atoms with Crippen molar-refractivity contribution < 1.29 is 22.1 Å². The summed E-state index contributed by atoms with van der Waals surface area (Å²) in [5, 5.41) is 20.0. The van der Waals surface area contributed by atoms with Crippen LogP contribution in [0.4, 0.5) is 10.3 Å². The molecule has 23 heavy (non-hydrogen) atoms. The second-order valence-corrected chi connectivity index (χ2v) is 5.40. The third kappa shape index (κ3) is 2.49. The third-order valence-electron chi connectivity index (χ3n) is 3.41. The number of aromatic nitrogens is 4. The molecule has 0 aromatic carbocycles. The number of alkyl halides is 2. The average molecular weight is 344 g/mol. The second-order valence-electron chi connectivity index (χ2n) is 4.78. The molecule has 3 rings (SSSR count). The van der Waals surface area contributed by atoms with E-state index in [4.69, 9.17) is 24.8 Å². The van der Waals surface area contributed by atoms with Crippen molar-refractivity contribution in [2.75, 3.05) is 19.0 Å². The first-order valence-electron chi connectivity index (χ1n) is 7.44. The summed E-state index contributed by atoms with van der Waals surface area (Å²) in [6, 6.07) is 0. The monoisotopic (exact) mass is 343 g/mol. The Bertz CT molecular complexity index is 867. The van der Waals surface area contributed by atoms with Crippen LogP contribution in [0.25, 0.3) is 11.2 Å². The van der Waals surface area contributed by atoms with Crippen LogP contribution in [0.15, 0.2) is 12.5 Å². The fourth-order valence-corrected chi connectivity index (χ4v) is 2.70. The van der Waals surface area contributed by atoms with E-state index in [0.29, 0.717) is 5.52 Å². The maximum absolute atomic E-state index is 12.5. The molecule has 10 heteroatoms. The number of hydrogen-bond donors (Lipinski definition) is 3. The van der Waals surface area contributed by atoms with Gasteiger partial charge in [-0.3, -0.25) is 4.57 Å². The van der Waals surface area contributed by atoms with Gasteiger partial charge in [-0.25, -0.2) is 14.4 Å². The van der Waals surface area contributed by atoms with Gasteiger partial charge in [-0.05, 0) is 0 Å². The van der Waals surface area contributed by atoms with Crippen LogP contribution in [0.3, 0.4) is 0 Å². The summed E-state index contributed by atoms with van der Waals surface area (Å²) in [5.41, 5.74) is 6.08. The SMILES string of the molecule is [2H]C([2H])(O)[C@H]1O[C@@H](n2cnc3cnc(N)nc32)C(Cl)(C#CCF)[C@H]1O. The minimum atomic E-state index is -2.92. The largest absolute Gasteiger partial charge is 0.394 e. The molecule has 4 N–H and O–H groups in total. The molecule has 1 aliphatic rings. The van der Waals surface area contributed by atoms with E-state index in [1.807, 2.05) is 0 Å². The van der Waals surface area contributed by atoms with E-state index in [1.165, 1.54) is 17.1 Å². The molecule has 0 bridgehead atoms. The molecule has 0 saturated carbocycles. The summed E-state index contributed by atoms with van der Waals surface area (Å²) < 4.78 is 34.0. The third-order valence-corrected chi connectivity index (χ3v) is 3.92. The van der Waals surface area contributed by atoms with Gasteiger partial charge in [0, 0.05) is 0 Å². The van der Waals surface area contributed by atoms with E-state index < -0.39 is 36.5 Å². The maximum Gasteiger partial charge on any atom is 0.222 e. The smallest absolute Gasteiger partial charge is 0.222 e. The number of anilines is 1. The molecule has 8 nitrogen and oxygen atoms in total. The van der Waals surface area contributed by atoms with Gasteiger partial charge in [0.25, 0.3) is 0 Å². The highest BCUT2D eigenvalue weighted by Gasteiger charge is 2.55. The normalized spacial score (nSPS) is 32.3. The molecule has 4 atom stereocenters. The molecule has 2 aromatic rings. The number of ether oxygens (including phenoxy) is 1. The van der Waals surface area contributed by atoms with E-state index in [0.717, 1.165) is 0 Å². The first-order valence-corrected chi connectivity index (χ1v) is 6.82. The molecule has 1 saturated heterocycles. The van der Waals surface area contributed by atoms with Crippen LogP contribution < -0.4 is 5.73 Å². The van der Waals surface area contributed by atoms with Gasteiger partial charge in [-0.2, -0.15) is 4.98 Å². The Morgan fingerprint density at radius 3 is 3.09 bits per heavy atom. The lowest BCUT2D eigenvalue weighted by Gasteiger charge is -2.25. The lowest BCUT2D eigenvalue weighted by atomic mass is 9.99. The quantitative estimate of drug-likeness (QED) is 0.502. The summed E-state index contributed by atoms with van der Waals surface area (Å²) in [4.78, 5) is 9.89. The molecule has 0 amide bonds. The summed E-state index contributed by atoms with van der Waals surface area (Å²) in [6.07, 6.45) is -2.21. The van der Waals surface area contributed by atoms with Crippen molar-refractivity contribution in [3.63, 3.8) is 0 Å². The molecular formula is C13H13ClFN5O3. The molecule has 1 aliphatic heterocycles. The van der Waals surface area contributed by atoms with Gasteiger partial charge in [0.05, 0.1) is 21.8 Å². The zero-order valence-electron chi connectivity index (χ0n) is 13.5.